The van der Waals surface area contributed by atoms with Gasteiger partial charge in [-0.2, -0.15) is 13.2 Å². The second-order valence-electron chi connectivity index (χ2n) is 5.92. The molecule has 0 aromatic heterocycles. The maximum absolute atomic E-state index is 13.6. The number of nitrogens with zero attached hydrogens (tertiary/aromatic N) is 1. The molecule has 25 heavy (non-hydrogen) atoms. The monoisotopic (exact) mass is 361 g/mol. The lowest BCUT2D eigenvalue weighted by Crippen LogP contribution is -2.69. The molecule has 6 nitrogen and oxygen atoms in total. The molecule has 1 aromatic carbocycles. The molecule has 1 aliphatic heterocycles. The molecule has 1 atom stereocenters. The largest absolute Gasteiger partial charge is 0.440 e. The molecule has 0 saturated carbocycles. The van der Waals surface area contributed by atoms with Crippen LogP contribution in [0.3, 0.4) is 0 Å². The molecule has 0 spiro atoms. The Morgan fingerprint density at radius 3 is 2.40 bits per heavy atom. The first-order valence-corrected chi connectivity index (χ1v) is 7.27. The first-order chi connectivity index (χ1) is 11.5. The van der Waals surface area contributed by atoms with Gasteiger partial charge in [-0.25, -0.2) is 9.18 Å². The molecule has 1 saturated heterocycles. The number of amides is 4. The van der Waals surface area contributed by atoms with Gasteiger partial charge in [-0.15, -0.1) is 0 Å². The van der Waals surface area contributed by atoms with Crippen molar-refractivity contribution in [1.29, 1.82) is 0 Å². The summed E-state index contributed by atoms with van der Waals surface area (Å²) in [5, 5.41) is 2.94. The molecule has 1 aliphatic rings. The molecule has 0 aliphatic carbocycles. The first kappa shape index (κ1) is 18.7. The van der Waals surface area contributed by atoms with Gasteiger partial charge in [-0.05, 0) is 18.1 Å². The van der Waals surface area contributed by atoms with Gasteiger partial charge in [0, 0.05) is 6.54 Å². The van der Waals surface area contributed by atoms with E-state index < -0.39 is 41.1 Å². The number of alkyl halides is 3. The summed E-state index contributed by atoms with van der Waals surface area (Å²) < 4.78 is 54.3. The average molecular weight is 361 g/mol. The number of hydrogen-bond acceptors (Lipinski definition) is 3. The summed E-state index contributed by atoms with van der Waals surface area (Å²) in [4.78, 5) is 36.6. The summed E-state index contributed by atoms with van der Waals surface area (Å²) in [6, 6.07) is 3.05. The fourth-order valence-electron chi connectivity index (χ4n) is 2.34. The lowest BCUT2D eigenvalue weighted by atomic mass is 10.1. The van der Waals surface area contributed by atoms with Crippen molar-refractivity contribution in [3.05, 3.63) is 35.6 Å². The average Bonchev–Trinajstić information content (AvgIpc) is 2.72. The maximum Gasteiger partial charge on any atom is 0.440 e. The number of rotatable bonds is 4. The van der Waals surface area contributed by atoms with Crippen LogP contribution < -0.4 is 10.6 Å². The predicted octanol–water partition coefficient (Wildman–Crippen LogP) is 2.02. The summed E-state index contributed by atoms with van der Waals surface area (Å²) in [7, 11) is 0. The second kappa shape index (κ2) is 6.34. The van der Waals surface area contributed by atoms with Crippen LogP contribution in [0.25, 0.3) is 0 Å². The van der Waals surface area contributed by atoms with Crippen LogP contribution in [0.15, 0.2) is 24.3 Å². The summed E-state index contributed by atoms with van der Waals surface area (Å²) in [5.41, 5.74) is -4.33. The number of urea groups is 1. The van der Waals surface area contributed by atoms with Gasteiger partial charge in [-0.3, -0.25) is 19.8 Å². The van der Waals surface area contributed by atoms with E-state index in [1.165, 1.54) is 22.8 Å². The SMILES string of the molecule is CC(C)CN1C(=O)N[C@](NC(=O)c2ccccc2F)(C(F)(F)F)C1=O. The third-order valence-electron chi connectivity index (χ3n) is 3.50. The van der Waals surface area contributed by atoms with Gasteiger partial charge in [0.1, 0.15) is 5.82 Å². The molecule has 1 fully saturated rings. The van der Waals surface area contributed by atoms with E-state index >= 15 is 0 Å². The molecule has 1 heterocycles. The van der Waals surface area contributed by atoms with Gasteiger partial charge in [0.25, 0.3) is 17.5 Å². The smallest absolute Gasteiger partial charge is 0.314 e. The van der Waals surface area contributed by atoms with Crippen molar-refractivity contribution in [1.82, 2.24) is 15.5 Å². The summed E-state index contributed by atoms with van der Waals surface area (Å²) >= 11 is 0. The highest BCUT2D eigenvalue weighted by Gasteiger charge is 2.68. The first-order valence-electron chi connectivity index (χ1n) is 7.27. The van der Waals surface area contributed by atoms with Crippen molar-refractivity contribution in [2.45, 2.75) is 25.7 Å². The molecule has 1 aromatic rings. The van der Waals surface area contributed by atoms with Crippen LogP contribution in [0.2, 0.25) is 0 Å². The van der Waals surface area contributed by atoms with E-state index in [9.17, 15) is 31.9 Å². The van der Waals surface area contributed by atoms with E-state index in [0.717, 1.165) is 12.1 Å². The van der Waals surface area contributed by atoms with E-state index in [4.69, 9.17) is 0 Å². The van der Waals surface area contributed by atoms with Gasteiger partial charge in [0.2, 0.25) is 0 Å². The van der Waals surface area contributed by atoms with Crippen LogP contribution >= 0.6 is 0 Å². The zero-order chi connectivity index (χ0) is 19.0. The number of benzene rings is 1. The Hall–Kier alpha value is -2.65. The van der Waals surface area contributed by atoms with Crippen LogP contribution in [0.4, 0.5) is 22.4 Å². The zero-order valence-electron chi connectivity index (χ0n) is 13.3. The Morgan fingerprint density at radius 1 is 1.28 bits per heavy atom. The second-order valence-corrected chi connectivity index (χ2v) is 5.92. The Kier molecular flexibility index (Phi) is 4.74. The standard InChI is InChI=1S/C15H15F4N3O3/c1-8(2)7-22-12(24)14(15(17,18)19,21-13(22)25)20-11(23)9-5-3-4-6-10(9)16/h3-6,8H,7H2,1-2H3,(H,20,23)(H,21,25)/t14-/m0/s1. The normalized spacial score (nSPS) is 20.8. The molecular weight excluding hydrogens is 346 g/mol. The maximum atomic E-state index is 13.6. The Balaban J connectivity index is 2.41. The highest BCUT2D eigenvalue weighted by molar-refractivity contribution is 6.10. The van der Waals surface area contributed by atoms with Crippen LogP contribution in [0.1, 0.15) is 24.2 Å². The lowest BCUT2D eigenvalue weighted by Gasteiger charge is -2.30. The molecule has 0 bridgehead atoms. The molecule has 2 N–H and O–H groups in total. The highest BCUT2D eigenvalue weighted by Crippen LogP contribution is 2.34. The van der Waals surface area contributed by atoms with E-state index in [2.05, 4.69) is 0 Å². The van der Waals surface area contributed by atoms with Crippen molar-refractivity contribution < 1.29 is 31.9 Å². The van der Waals surface area contributed by atoms with E-state index in [1.807, 2.05) is 0 Å². The minimum atomic E-state index is -5.33. The van der Waals surface area contributed by atoms with Crippen LogP contribution in [0, 0.1) is 11.7 Å². The molecule has 0 unspecified atom stereocenters. The molecule has 2 rings (SSSR count). The zero-order valence-corrected chi connectivity index (χ0v) is 13.3. The quantitative estimate of drug-likeness (QED) is 0.636. The van der Waals surface area contributed by atoms with Crippen molar-refractivity contribution in [2.24, 2.45) is 5.92 Å². The molecule has 136 valence electrons. The fourth-order valence-corrected chi connectivity index (χ4v) is 2.34. The van der Waals surface area contributed by atoms with E-state index in [0.29, 0.717) is 4.90 Å². The molecule has 0 radical (unpaired) electrons. The summed E-state index contributed by atoms with van der Waals surface area (Å²) in [6.07, 6.45) is -5.33. The third kappa shape index (κ3) is 3.28. The fraction of sp³-hybridized carbons (Fsp3) is 0.400. The molecule has 4 amide bonds. The third-order valence-corrected chi connectivity index (χ3v) is 3.50. The van der Waals surface area contributed by atoms with Crippen LogP contribution in [-0.4, -0.2) is 41.1 Å². The van der Waals surface area contributed by atoms with E-state index in [-0.39, 0.29) is 12.5 Å². The number of hydrogen-bond donors (Lipinski definition) is 2. The van der Waals surface area contributed by atoms with Gasteiger partial charge >= 0.3 is 12.2 Å². The molecule has 10 heteroatoms. The topological polar surface area (TPSA) is 78.5 Å². The summed E-state index contributed by atoms with van der Waals surface area (Å²) in [6.45, 7) is 2.94. The summed E-state index contributed by atoms with van der Waals surface area (Å²) in [5.74, 6) is -4.49. The Bertz CT molecular complexity index is 720. The van der Waals surface area contributed by atoms with Gasteiger partial charge < -0.3 is 5.32 Å². The number of halogens is 4. The number of nitrogens with one attached hydrogen (secondary N) is 2. The van der Waals surface area contributed by atoms with Gasteiger partial charge in [0.15, 0.2) is 0 Å². The van der Waals surface area contributed by atoms with E-state index in [1.54, 1.807) is 13.8 Å². The van der Waals surface area contributed by atoms with Crippen molar-refractivity contribution >= 4 is 17.8 Å². The number of carbonyl (C=O) groups is 3. The van der Waals surface area contributed by atoms with Crippen LogP contribution in [-0.2, 0) is 4.79 Å². The van der Waals surface area contributed by atoms with Crippen molar-refractivity contribution in [3.63, 3.8) is 0 Å². The van der Waals surface area contributed by atoms with Crippen molar-refractivity contribution in [3.8, 4) is 0 Å². The Labute approximate surface area is 140 Å². The van der Waals surface area contributed by atoms with Gasteiger partial charge in [0.05, 0.1) is 5.56 Å². The van der Waals surface area contributed by atoms with Gasteiger partial charge in [-0.1, -0.05) is 26.0 Å². The van der Waals surface area contributed by atoms with Crippen LogP contribution in [0.5, 0.6) is 0 Å². The lowest BCUT2D eigenvalue weighted by molar-refractivity contribution is -0.200. The predicted molar refractivity (Wildman–Crippen MR) is 77.7 cm³/mol. The number of imide groups is 1. The molecular formula is C15H15F4N3O3. The van der Waals surface area contributed by atoms with Crippen molar-refractivity contribution in [2.75, 3.05) is 6.54 Å². The number of carbonyl (C=O) groups excluding carboxylic acids is 3. The minimum absolute atomic E-state index is 0.266. The highest BCUT2D eigenvalue weighted by atomic mass is 19.4. The Morgan fingerprint density at radius 2 is 1.88 bits per heavy atom. The minimum Gasteiger partial charge on any atom is -0.314 e.